The molecule has 18 heavy (non-hydrogen) atoms. The monoisotopic (exact) mass is 266 g/mol. The van der Waals surface area contributed by atoms with E-state index in [0.29, 0.717) is 10.6 Å². The van der Waals surface area contributed by atoms with E-state index in [1.165, 1.54) is 30.3 Å². The van der Waals surface area contributed by atoms with E-state index in [1.54, 1.807) is 0 Å². The van der Waals surface area contributed by atoms with Crippen molar-refractivity contribution in [2.75, 3.05) is 18.6 Å². The number of aryl methyl sites for hydroxylation is 1. The number of anilines is 1. The predicted octanol–water partition coefficient (Wildman–Crippen LogP) is 1.76. The van der Waals surface area contributed by atoms with Crippen LogP contribution in [0.2, 0.25) is 0 Å². The van der Waals surface area contributed by atoms with E-state index in [1.807, 2.05) is 13.8 Å². The van der Waals surface area contributed by atoms with Crippen LogP contribution in [0.3, 0.4) is 0 Å². The van der Waals surface area contributed by atoms with E-state index in [0.717, 1.165) is 10.4 Å². The maximum Gasteiger partial charge on any atom is 0.325 e. The van der Waals surface area contributed by atoms with Gasteiger partial charge in [-0.05, 0) is 19.4 Å². The van der Waals surface area contributed by atoms with Crippen molar-refractivity contribution in [3.8, 4) is 6.07 Å². The van der Waals surface area contributed by atoms with Crippen molar-refractivity contribution in [1.29, 1.82) is 5.26 Å². The zero-order valence-electron chi connectivity index (χ0n) is 10.7. The van der Waals surface area contributed by atoms with Crippen LogP contribution in [0.5, 0.6) is 0 Å². The highest BCUT2D eigenvalue weighted by Gasteiger charge is 2.23. The zero-order chi connectivity index (χ0) is 13.9. The van der Waals surface area contributed by atoms with E-state index < -0.39 is 5.97 Å². The summed E-state index contributed by atoms with van der Waals surface area (Å²) in [5.41, 5.74) is 1.28. The number of carbonyl (C=O) groups excluding carboxylic acids is 2. The van der Waals surface area contributed by atoms with Crippen LogP contribution in [0.1, 0.15) is 22.9 Å². The van der Waals surface area contributed by atoms with Crippen molar-refractivity contribution >= 4 is 28.2 Å². The standard InChI is InChI=1S/C12H14N2O3S/c1-7-8(2)18-12(10(7)5-13)14(9(3)15)6-11(16)17-4/h6H2,1-4H3. The first-order valence-electron chi connectivity index (χ1n) is 5.27. The van der Waals surface area contributed by atoms with Crippen molar-refractivity contribution in [2.45, 2.75) is 20.8 Å². The van der Waals surface area contributed by atoms with Gasteiger partial charge in [-0.1, -0.05) is 0 Å². The molecule has 0 atom stereocenters. The largest absolute Gasteiger partial charge is 0.468 e. The SMILES string of the molecule is COC(=O)CN(C(C)=O)c1sc(C)c(C)c1C#N. The molecule has 0 aliphatic carbocycles. The van der Waals surface area contributed by atoms with Gasteiger partial charge in [0.15, 0.2) is 0 Å². The van der Waals surface area contributed by atoms with Gasteiger partial charge in [0.1, 0.15) is 17.6 Å². The fourth-order valence-corrected chi connectivity index (χ4v) is 2.60. The average Bonchev–Trinajstić information content (AvgIpc) is 2.61. The molecule has 1 amide bonds. The molecule has 0 saturated heterocycles. The van der Waals surface area contributed by atoms with Crippen LogP contribution in [-0.4, -0.2) is 25.5 Å². The molecule has 1 aromatic heterocycles. The van der Waals surface area contributed by atoms with Crippen LogP contribution in [0.25, 0.3) is 0 Å². The fraction of sp³-hybridized carbons (Fsp3) is 0.417. The summed E-state index contributed by atoms with van der Waals surface area (Å²) in [6, 6.07) is 2.08. The van der Waals surface area contributed by atoms with Gasteiger partial charge in [0.25, 0.3) is 0 Å². The second-order valence-electron chi connectivity index (χ2n) is 3.76. The van der Waals surface area contributed by atoms with E-state index >= 15 is 0 Å². The lowest BCUT2D eigenvalue weighted by atomic mass is 10.2. The molecular formula is C12H14N2O3S. The molecule has 0 aliphatic heterocycles. The second kappa shape index (κ2) is 5.65. The van der Waals surface area contributed by atoms with Crippen LogP contribution in [-0.2, 0) is 14.3 Å². The van der Waals surface area contributed by atoms with Gasteiger partial charge in [-0.25, -0.2) is 0 Å². The molecule has 0 aromatic carbocycles. The number of nitriles is 1. The third kappa shape index (κ3) is 2.68. The molecular weight excluding hydrogens is 252 g/mol. The lowest BCUT2D eigenvalue weighted by Gasteiger charge is -2.18. The number of methoxy groups -OCH3 is 1. The van der Waals surface area contributed by atoms with Crippen molar-refractivity contribution in [1.82, 2.24) is 0 Å². The van der Waals surface area contributed by atoms with E-state index in [9.17, 15) is 9.59 Å². The number of carbonyl (C=O) groups is 2. The van der Waals surface area contributed by atoms with Gasteiger partial charge in [0.2, 0.25) is 5.91 Å². The Labute approximate surface area is 110 Å². The van der Waals surface area contributed by atoms with Crippen LogP contribution in [0.4, 0.5) is 5.00 Å². The minimum Gasteiger partial charge on any atom is -0.468 e. The number of rotatable bonds is 3. The van der Waals surface area contributed by atoms with Gasteiger partial charge < -0.3 is 4.74 Å². The van der Waals surface area contributed by atoms with E-state index in [4.69, 9.17) is 5.26 Å². The highest BCUT2D eigenvalue weighted by Crippen LogP contribution is 2.34. The molecule has 0 aliphatic rings. The molecule has 6 heteroatoms. The molecule has 1 aromatic rings. The highest BCUT2D eigenvalue weighted by molar-refractivity contribution is 7.16. The molecule has 0 spiro atoms. The molecule has 0 fully saturated rings. The Bertz CT molecular complexity index is 528. The van der Waals surface area contributed by atoms with Crippen LogP contribution in [0.15, 0.2) is 0 Å². The maximum absolute atomic E-state index is 11.6. The molecule has 5 nitrogen and oxygen atoms in total. The molecule has 0 unspecified atom stereocenters. The fourth-order valence-electron chi connectivity index (χ4n) is 1.45. The van der Waals surface area contributed by atoms with E-state index in [-0.39, 0.29) is 12.5 Å². The number of hydrogen-bond donors (Lipinski definition) is 0. The highest BCUT2D eigenvalue weighted by atomic mass is 32.1. The number of amides is 1. The molecule has 1 rings (SSSR count). The molecule has 0 radical (unpaired) electrons. The Morgan fingerprint density at radius 3 is 2.50 bits per heavy atom. The van der Waals surface area contributed by atoms with Gasteiger partial charge in [-0.15, -0.1) is 11.3 Å². The maximum atomic E-state index is 11.6. The molecule has 0 bridgehead atoms. The summed E-state index contributed by atoms with van der Waals surface area (Å²) >= 11 is 1.33. The summed E-state index contributed by atoms with van der Waals surface area (Å²) < 4.78 is 4.55. The van der Waals surface area contributed by atoms with Crippen molar-refractivity contribution in [3.63, 3.8) is 0 Å². The summed E-state index contributed by atoms with van der Waals surface area (Å²) in [6.07, 6.45) is 0. The van der Waals surface area contributed by atoms with E-state index in [2.05, 4.69) is 10.8 Å². The van der Waals surface area contributed by atoms with Crippen molar-refractivity contribution in [3.05, 3.63) is 16.0 Å². The lowest BCUT2D eigenvalue weighted by molar-refractivity contribution is -0.139. The summed E-state index contributed by atoms with van der Waals surface area (Å²) in [7, 11) is 1.26. The Hall–Kier alpha value is -1.87. The predicted molar refractivity (Wildman–Crippen MR) is 68.6 cm³/mol. The minimum absolute atomic E-state index is 0.181. The molecule has 1 heterocycles. The van der Waals surface area contributed by atoms with Crippen molar-refractivity contribution in [2.24, 2.45) is 0 Å². The van der Waals surface area contributed by atoms with Gasteiger partial charge in [-0.3, -0.25) is 14.5 Å². The van der Waals surface area contributed by atoms with Crippen molar-refractivity contribution < 1.29 is 14.3 Å². The third-order valence-electron chi connectivity index (χ3n) is 2.62. The third-order valence-corrected chi connectivity index (χ3v) is 3.85. The van der Waals surface area contributed by atoms with Gasteiger partial charge in [-0.2, -0.15) is 5.26 Å². The number of nitrogens with zero attached hydrogens (tertiary/aromatic N) is 2. The Morgan fingerprint density at radius 1 is 1.44 bits per heavy atom. The van der Waals surface area contributed by atoms with Crippen LogP contribution in [0, 0.1) is 25.2 Å². The minimum atomic E-state index is -0.516. The van der Waals surface area contributed by atoms with Gasteiger partial charge >= 0.3 is 5.97 Å². The van der Waals surface area contributed by atoms with Crippen LogP contribution < -0.4 is 4.90 Å². The average molecular weight is 266 g/mol. The Balaban J connectivity index is 3.23. The zero-order valence-corrected chi connectivity index (χ0v) is 11.6. The summed E-state index contributed by atoms with van der Waals surface area (Å²) in [5.74, 6) is -0.809. The lowest BCUT2D eigenvalue weighted by Crippen LogP contribution is -2.34. The first kappa shape index (κ1) is 14.2. The summed E-state index contributed by atoms with van der Waals surface area (Å²) in [6.45, 7) is 4.87. The summed E-state index contributed by atoms with van der Waals surface area (Å²) in [5, 5.41) is 9.64. The number of ether oxygens (including phenoxy) is 1. The summed E-state index contributed by atoms with van der Waals surface area (Å²) in [4.78, 5) is 25.1. The Kier molecular flexibility index (Phi) is 4.45. The van der Waals surface area contributed by atoms with Crippen LogP contribution >= 0.6 is 11.3 Å². The number of hydrogen-bond acceptors (Lipinski definition) is 5. The smallest absolute Gasteiger partial charge is 0.325 e. The number of esters is 1. The second-order valence-corrected chi connectivity index (χ2v) is 4.96. The quantitative estimate of drug-likeness (QED) is 0.782. The Morgan fingerprint density at radius 2 is 2.06 bits per heavy atom. The van der Waals surface area contributed by atoms with Gasteiger partial charge in [0, 0.05) is 11.8 Å². The molecule has 0 saturated carbocycles. The topological polar surface area (TPSA) is 70.4 Å². The number of thiophene rings is 1. The van der Waals surface area contributed by atoms with Gasteiger partial charge in [0.05, 0.1) is 12.7 Å². The first-order valence-corrected chi connectivity index (χ1v) is 6.09. The normalized spacial score (nSPS) is 9.72. The first-order chi connectivity index (χ1) is 8.42. The molecule has 0 N–H and O–H groups in total. The molecule has 96 valence electrons.